The van der Waals surface area contributed by atoms with Crippen molar-refractivity contribution in [1.82, 2.24) is 5.32 Å². The lowest BCUT2D eigenvalue weighted by molar-refractivity contribution is 0.103. The number of carbonyl (C=O) groups excluding carboxylic acids is 1. The van der Waals surface area contributed by atoms with E-state index in [-0.39, 0.29) is 11.4 Å². The van der Waals surface area contributed by atoms with Gasteiger partial charge >= 0.3 is 0 Å². The summed E-state index contributed by atoms with van der Waals surface area (Å²) in [6.45, 7) is 2.82. The van der Waals surface area contributed by atoms with Crippen molar-refractivity contribution < 1.29 is 4.79 Å². The molecule has 1 N–H and O–H groups in total. The molecular formula is C14H14N2O. The number of nitrogens with one attached hydrogen (secondary N) is 1. The molecule has 1 saturated heterocycles. The zero-order valence-electron chi connectivity index (χ0n) is 9.79. The second kappa shape index (κ2) is 4.84. The third-order valence-electron chi connectivity index (χ3n) is 2.90. The van der Waals surface area contributed by atoms with Crippen LogP contribution >= 0.6 is 0 Å². The number of nitrogens with zero attached hydrogens (tertiary/aromatic N) is 1. The Morgan fingerprint density at radius 2 is 2.06 bits per heavy atom. The largest absolute Gasteiger partial charge is 0.387 e. The highest BCUT2D eigenvalue weighted by Crippen LogP contribution is 2.18. The van der Waals surface area contributed by atoms with E-state index < -0.39 is 0 Å². The fourth-order valence-corrected chi connectivity index (χ4v) is 1.91. The monoisotopic (exact) mass is 226 g/mol. The summed E-state index contributed by atoms with van der Waals surface area (Å²) in [5, 5.41) is 12.2. The Hall–Kier alpha value is -2.08. The van der Waals surface area contributed by atoms with Gasteiger partial charge in [0, 0.05) is 17.8 Å². The molecule has 1 aromatic rings. The van der Waals surface area contributed by atoms with Gasteiger partial charge in [0.15, 0.2) is 0 Å². The number of Topliss-reactive ketones (excluding diaryl/α,β-unsaturated/α-hetero) is 1. The summed E-state index contributed by atoms with van der Waals surface area (Å²) in [6.07, 6.45) is 1.78. The van der Waals surface area contributed by atoms with Crippen LogP contribution in [0.5, 0.6) is 0 Å². The topological polar surface area (TPSA) is 52.9 Å². The van der Waals surface area contributed by atoms with Crippen LogP contribution in [0.4, 0.5) is 0 Å². The van der Waals surface area contributed by atoms with E-state index in [1.807, 2.05) is 25.1 Å². The van der Waals surface area contributed by atoms with Gasteiger partial charge in [-0.25, -0.2) is 0 Å². The number of carbonyl (C=O) groups is 1. The standard InChI is InChI=1S/C14H14N2O/c1-10-4-6-11(7-5-10)14(17)12(9-15)13-3-2-8-16-13/h4-7,16H,2-3,8H2,1H3/b13-12+. The first-order chi connectivity index (χ1) is 8.22. The summed E-state index contributed by atoms with van der Waals surface area (Å²) in [7, 11) is 0. The summed E-state index contributed by atoms with van der Waals surface area (Å²) in [5.41, 5.74) is 2.73. The Morgan fingerprint density at radius 1 is 1.35 bits per heavy atom. The van der Waals surface area contributed by atoms with Crippen LogP contribution in [0.3, 0.4) is 0 Å². The molecule has 1 aliphatic heterocycles. The number of allylic oxidation sites excluding steroid dienone is 2. The molecule has 3 nitrogen and oxygen atoms in total. The molecule has 0 radical (unpaired) electrons. The Labute approximate surface area is 101 Å². The van der Waals surface area contributed by atoms with Gasteiger partial charge in [0.1, 0.15) is 11.6 Å². The van der Waals surface area contributed by atoms with Crippen molar-refractivity contribution in [3.63, 3.8) is 0 Å². The van der Waals surface area contributed by atoms with E-state index in [0.29, 0.717) is 5.56 Å². The van der Waals surface area contributed by atoms with Crippen LogP contribution in [0, 0.1) is 18.3 Å². The molecule has 0 bridgehead atoms. The molecule has 1 aliphatic rings. The molecule has 0 aliphatic carbocycles. The van der Waals surface area contributed by atoms with Crippen LogP contribution in [-0.2, 0) is 0 Å². The summed E-state index contributed by atoms with van der Waals surface area (Å²) >= 11 is 0. The fourth-order valence-electron chi connectivity index (χ4n) is 1.91. The lowest BCUT2D eigenvalue weighted by Crippen LogP contribution is -2.12. The number of nitriles is 1. The number of hydrogen-bond acceptors (Lipinski definition) is 3. The van der Waals surface area contributed by atoms with Gasteiger partial charge in [-0.05, 0) is 19.8 Å². The van der Waals surface area contributed by atoms with Gasteiger partial charge in [-0.1, -0.05) is 29.8 Å². The van der Waals surface area contributed by atoms with Crippen molar-refractivity contribution in [2.75, 3.05) is 6.54 Å². The first-order valence-corrected chi connectivity index (χ1v) is 5.71. The van der Waals surface area contributed by atoms with Crippen LogP contribution in [-0.4, -0.2) is 12.3 Å². The molecule has 0 unspecified atom stereocenters. The molecule has 1 aromatic carbocycles. The van der Waals surface area contributed by atoms with Gasteiger partial charge in [-0.2, -0.15) is 5.26 Å². The molecule has 0 amide bonds. The van der Waals surface area contributed by atoms with Gasteiger partial charge in [-0.3, -0.25) is 4.79 Å². The van der Waals surface area contributed by atoms with Gasteiger partial charge in [-0.15, -0.1) is 0 Å². The fraction of sp³-hybridized carbons (Fsp3) is 0.286. The molecule has 3 heteroatoms. The highest BCUT2D eigenvalue weighted by Gasteiger charge is 2.19. The average molecular weight is 226 g/mol. The van der Waals surface area contributed by atoms with Gasteiger partial charge < -0.3 is 5.32 Å². The van der Waals surface area contributed by atoms with Crippen molar-refractivity contribution in [3.8, 4) is 6.07 Å². The molecule has 1 fully saturated rings. The van der Waals surface area contributed by atoms with Gasteiger partial charge in [0.2, 0.25) is 5.78 Å². The molecule has 0 spiro atoms. The normalized spacial score (nSPS) is 17.2. The van der Waals surface area contributed by atoms with E-state index in [1.54, 1.807) is 12.1 Å². The smallest absolute Gasteiger partial charge is 0.205 e. The Kier molecular flexibility index (Phi) is 3.24. The van der Waals surface area contributed by atoms with Crippen LogP contribution in [0.1, 0.15) is 28.8 Å². The summed E-state index contributed by atoms with van der Waals surface area (Å²) in [4.78, 5) is 12.2. The van der Waals surface area contributed by atoms with E-state index >= 15 is 0 Å². The number of ketones is 1. The molecule has 0 saturated carbocycles. The van der Waals surface area contributed by atoms with Crippen LogP contribution in [0.15, 0.2) is 35.5 Å². The Morgan fingerprint density at radius 3 is 2.59 bits per heavy atom. The summed E-state index contributed by atoms with van der Waals surface area (Å²) < 4.78 is 0. The third-order valence-corrected chi connectivity index (χ3v) is 2.90. The maximum absolute atomic E-state index is 12.2. The van der Waals surface area contributed by atoms with Crippen molar-refractivity contribution >= 4 is 5.78 Å². The van der Waals surface area contributed by atoms with E-state index in [9.17, 15) is 4.79 Å². The lowest BCUT2D eigenvalue weighted by atomic mass is 10.0. The van der Waals surface area contributed by atoms with E-state index in [1.165, 1.54) is 0 Å². The van der Waals surface area contributed by atoms with E-state index in [0.717, 1.165) is 30.6 Å². The Bertz CT molecular complexity index is 498. The molecule has 2 rings (SSSR count). The zero-order valence-corrected chi connectivity index (χ0v) is 9.79. The van der Waals surface area contributed by atoms with E-state index in [2.05, 4.69) is 5.32 Å². The summed E-state index contributed by atoms with van der Waals surface area (Å²) in [5.74, 6) is -0.183. The van der Waals surface area contributed by atoms with Crippen molar-refractivity contribution in [3.05, 3.63) is 46.7 Å². The minimum absolute atomic E-state index is 0.183. The first kappa shape index (κ1) is 11.4. The molecule has 1 heterocycles. The minimum Gasteiger partial charge on any atom is -0.387 e. The predicted octanol–water partition coefficient (Wildman–Crippen LogP) is 2.34. The Balaban J connectivity index is 2.33. The summed E-state index contributed by atoms with van der Waals surface area (Å²) in [6, 6.07) is 9.33. The van der Waals surface area contributed by atoms with Gasteiger partial charge in [0.05, 0.1) is 0 Å². The first-order valence-electron chi connectivity index (χ1n) is 5.71. The SMILES string of the molecule is Cc1ccc(C(=O)/C(C#N)=C2\CCCN2)cc1. The molecule has 86 valence electrons. The van der Waals surface area contributed by atoms with Crippen molar-refractivity contribution in [2.45, 2.75) is 19.8 Å². The van der Waals surface area contributed by atoms with Crippen LogP contribution < -0.4 is 5.32 Å². The second-order valence-corrected chi connectivity index (χ2v) is 4.19. The van der Waals surface area contributed by atoms with Gasteiger partial charge in [0.25, 0.3) is 0 Å². The highest BCUT2D eigenvalue weighted by atomic mass is 16.1. The average Bonchev–Trinajstić information content (AvgIpc) is 2.84. The quantitative estimate of drug-likeness (QED) is 0.478. The highest BCUT2D eigenvalue weighted by molar-refractivity contribution is 6.11. The third kappa shape index (κ3) is 2.36. The molecule has 17 heavy (non-hydrogen) atoms. The maximum atomic E-state index is 12.2. The van der Waals surface area contributed by atoms with Crippen molar-refractivity contribution in [2.24, 2.45) is 0 Å². The second-order valence-electron chi connectivity index (χ2n) is 4.19. The maximum Gasteiger partial charge on any atom is 0.205 e. The molecule has 0 aromatic heterocycles. The zero-order chi connectivity index (χ0) is 12.3. The minimum atomic E-state index is -0.183. The van der Waals surface area contributed by atoms with Crippen molar-refractivity contribution in [1.29, 1.82) is 5.26 Å². The lowest BCUT2D eigenvalue weighted by Gasteiger charge is -2.04. The predicted molar refractivity (Wildman–Crippen MR) is 65.4 cm³/mol. The molecular weight excluding hydrogens is 212 g/mol. The number of rotatable bonds is 2. The van der Waals surface area contributed by atoms with E-state index in [4.69, 9.17) is 5.26 Å². The number of aryl methyl sites for hydroxylation is 1. The van der Waals surface area contributed by atoms with Crippen LogP contribution in [0.25, 0.3) is 0 Å². The molecule has 0 atom stereocenters. The number of hydrogen-bond donors (Lipinski definition) is 1. The van der Waals surface area contributed by atoms with Crippen LogP contribution in [0.2, 0.25) is 0 Å². The number of benzene rings is 1.